The van der Waals surface area contributed by atoms with Crippen molar-refractivity contribution < 1.29 is 14.2 Å². The van der Waals surface area contributed by atoms with Crippen molar-refractivity contribution in [3.63, 3.8) is 0 Å². The van der Waals surface area contributed by atoms with Crippen LogP contribution in [0.15, 0.2) is 53.3 Å². The SMILES string of the molecule is COc1ccc(NC(=S)N(Cc2cc3cc(OC)ccc3[nH]c2=O)C[C@@H]2CCCO2)cc1. The first-order chi connectivity index (χ1) is 15.6. The maximum Gasteiger partial charge on any atom is 0.253 e. The highest BCUT2D eigenvalue weighted by molar-refractivity contribution is 7.80. The average molecular weight is 454 g/mol. The molecule has 0 bridgehead atoms. The van der Waals surface area contributed by atoms with Gasteiger partial charge in [-0.15, -0.1) is 0 Å². The highest BCUT2D eigenvalue weighted by atomic mass is 32.1. The second-order valence-corrected chi connectivity index (χ2v) is 8.14. The normalized spacial score (nSPS) is 15.5. The van der Waals surface area contributed by atoms with Crippen LogP contribution in [0.25, 0.3) is 10.9 Å². The van der Waals surface area contributed by atoms with E-state index < -0.39 is 0 Å². The Morgan fingerprint density at radius 1 is 1.16 bits per heavy atom. The number of H-pyrrole nitrogens is 1. The molecule has 0 aliphatic carbocycles. The molecular weight excluding hydrogens is 426 g/mol. The van der Waals surface area contributed by atoms with Crippen LogP contribution >= 0.6 is 12.2 Å². The summed E-state index contributed by atoms with van der Waals surface area (Å²) in [5.41, 5.74) is 2.12. The number of aromatic nitrogens is 1. The van der Waals surface area contributed by atoms with Gasteiger partial charge in [0.1, 0.15) is 11.5 Å². The van der Waals surface area contributed by atoms with Gasteiger partial charge in [0.2, 0.25) is 0 Å². The molecule has 168 valence electrons. The second-order valence-electron chi connectivity index (χ2n) is 7.75. The number of hydrogen-bond donors (Lipinski definition) is 2. The van der Waals surface area contributed by atoms with Gasteiger partial charge in [-0.3, -0.25) is 4.79 Å². The maximum atomic E-state index is 12.8. The van der Waals surface area contributed by atoms with E-state index in [-0.39, 0.29) is 11.7 Å². The fraction of sp³-hybridized carbons (Fsp3) is 0.333. The van der Waals surface area contributed by atoms with Gasteiger partial charge in [-0.05, 0) is 73.6 Å². The van der Waals surface area contributed by atoms with Crippen LogP contribution in [0.2, 0.25) is 0 Å². The molecule has 0 amide bonds. The van der Waals surface area contributed by atoms with Crippen molar-refractivity contribution in [2.24, 2.45) is 0 Å². The van der Waals surface area contributed by atoms with Crippen LogP contribution in [-0.2, 0) is 11.3 Å². The van der Waals surface area contributed by atoms with E-state index in [1.165, 1.54) is 0 Å². The molecule has 1 aliphatic heterocycles. The molecule has 2 aromatic carbocycles. The fourth-order valence-electron chi connectivity index (χ4n) is 3.81. The van der Waals surface area contributed by atoms with Crippen LogP contribution in [0.5, 0.6) is 11.5 Å². The largest absolute Gasteiger partial charge is 0.497 e. The van der Waals surface area contributed by atoms with Gasteiger partial charge in [0, 0.05) is 35.3 Å². The van der Waals surface area contributed by atoms with Crippen LogP contribution < -0.4 is 20.3 Å². The molecule has 3 aromatic rings. The maximum absolute atomic E-state index is 12.8. The van der Waals surface area contributed by atoms with E-state index in [0.717, 1.165) is 47.5 Å². The van der Waals surface area contributed by atoms with E-state index in [1.54, 1.807) is 14.2 Å². The molecule has 1 saturated heterocycles. The Morgan fingerprint density at radius 3 is 2.59 bits per heavy atom. The highest BCUT2D eigenvalue weighted by Gasteiger charge is 2.22. The van der Waals surface area contributed by atoms with Gasteiger partial charge in [-0.1, -0.05) is 0 Å². The molecule has 0 spiro atoms. The zero-order valence-electron chi connectivity index (χ0n) is 18.2. The first-order valence-corrected chi connectivity index (χ1v) is 11.0. The van der Waals surface area contributed by atoms with Crippen molar-refractivity contribution in [3.05, 3.63) is 64.4 Å². The number of methoxy groups -OCH3 is 2. The smallest absolute Gasteiger partial charge is 0.253 e. The predicted molar refractivity (Wildman–Crippen MR) is 130 cm³/mol. The molecule has 1 aromatic heterocycles. The molecule has 7 nitrogen and oxygen atoms in total. The van der Waals surface area contributed by atoms with Crippen molar-refractivity contribution in [2.75, 3.05) is 32.7 Å². The fourth-order valence-corrected chi connectivity index (χ4v) is 4.07. The van der Waals surface area contributed by atoms with Crippen molar-refractivity contribution >= 4 is 33.9 Å². The quantitative estimate of drug-likeness (QED) is 0.525. The summed E-state index contributed by atoms with van der Waals surface area (Å²) < 4.78 is 16.4. The van der Waals surface area contributed by atoms with Crippen LogP contribution in [0, 0.1) is 0 Å². The van der Waals surface area contributed by atoms with Crippen LogP contribution in [0.4, 0.5) is 5.69 Å². The summed E-state index contributed by atoms with van der Waals surface area (Å²) in [7, 11) is 3.26. The first-order valence-electron chi connectivity index (χ1n) is 10.6. The lowest BCUT2D eigenvalue weighted by atomic mass is 10.1. The number of aromatic amines is 1. The Bertz CT molecular complexity index is 1140. The lowest BCUT2D eigenvalue weighted by molar-refractivity contribution is 0.0904. The summed E-state index contributed by atoms with van der Waals surface area (Å²) in [6, 6.07) is 15.0. The number of thiocarbonyl (C=S) groups is 1. The minimum atomic E-state index is -0.132. The number of hydrogen-bond acceptors (Lipinski definition) is 5. The van der Waals surface area contributed by atoms with Crippen molar-refractivity contribution in [2.45, 2.75) is 25.5 Å². The number of fused-ring (bicyclic) bond motifs is 1. The predicted octanol–water partition coefficient (Wildman–Crippen LogP) is 3.92. The molecule has 2 N–H and O–H groups in total. The monoisotopic (exact) mass is 453 g/mol. The van der Waals surface area contributed by atoms with Gasteiger partial charge in [0.25, 0.3) is 5.56 Å². The summed E-state index contributed by atoms with van der Waals surface area (Å²) in [5.74, 6) is 1.51. The summed E-state index contributed by atoms with van der Waals surface area (Å²) in [6.07, 6.45) is 2.10. The summed E-state index contributed by atoms with van der Waals surface area (Å²) in [6.45, 7) is 1.73. The van der Waals surface area contributed by atoms with Crippen molar-refractivity contribution in [1.82, 2.24) is 9.88 Å². The minimum Gasteiger partial charge on any atom is -0.497 e. The Labute approximate surface area is 192 Å². The topological polar surface area (TPSA) is 75.8 Å². The molecule has 1 fully saturated rings. The third kappa shape index (κ3) is 5.20. The average Bonchev–Trinajstić information content (AvgIpc) is 3.32. The molecule has 8 heteroatoms. The van der Waals surface area contributed by atoms with Crippen molar-refractivity contribution in [1.29, 1.82) is 0 Å². The van der Waals surface area contributed by atoms with Gasteiger partial charge in [0.15, 0.2) is 5.11 Å². The lowest BCUT2D eigenvalue weighted by Crippen LogP contribution is -2.40. The van der Waals surface area contributed by atoms with Crippen molar-refractivity contribution in [3.8, 4) is 11.5 Å². The molecule has 4 rings (SSSR count). The summed E-state index contributed by atoms with van der Waals surface area (Å²) in [5, 5.41) is 4.72. The Morgan fingerprint density at radius 2 is 1.91 bits per heavy atom. The zero-order valence-corrected chi connectivity index (χ0v) is 19.0. The molecule has 0 radical (unpaired) electrons. The molecule has 32 heavy (non-hydrogen) atoms. The number of ether oxygens (including phenoxy) is 3. The summed E-state index contributed by atoms with van der Waals surface area (Å²) in [4.78, 5) is 17.7. The minimum absolute atomic E-state index is 0.0882. The zero-order chi connectivity index (χ0) is 22.5. The van der Waals surface area contributed by atoms with E-state index in [4.69, 9.17) is 26.4 Å². The van der Waals surface area contributed by atoms with Gasteiger partial charge >= 0.3 is 0 Å². The van der Waals surface area contributed by atoms with Crippen LogP contribution in [-0.4, -0.2) is 48.5 Å². The van der Waals surface area contributed by atoms with Crippen LogP contribution in [0.1, 0.15) is 18.4 Å². The number of anilines is 1. The molecule has 0 unspecified atom stereocenters. The van der Waals surface area contributed by atoms with Gasteiger partial charge in [0.05, 0.1) is 26.9 Å². The number of nitrogens with zero attached hydrogens (tertiary/aromatic N) is 1. The number of nitrogens with one attached hydrogen (secondary N) is 2. The molecule has 1 atom stereocenters. The molecule has 2 heterocycles. The van der Waals surface area contributed by atoms with E-state index in [0.29, 0.717) is 23.8 Å². The molecule has 0 saturated carbocycles. The lowest BCUT2D eigenvalue weighted by Gasteiger charge is -2.28. The number of pyridine rings is 1. The van der Waals surface area contributed by atoms with E-state index in [2.05, 4.69) is 10.3 Å². The Balaban J connectivity index is 1.58. The standard InChI is InChI=1S/C24H27N3O4S/c1-29-19-7-5-18(6-8-19)25-24(32)27(15-21-4-3-11-31-21)14-17-12-16-13-20(30-2)9-10-22(16)26-23(17)28/h5-10,12-13,21H,3-4,11,14-15H2,1-2H3,(H,25,32)(H,26,28)/t21-/m0/s1. The number of rotatable bonds is 7. The number of benzene rings is 2. The van der Waals surface area contributed by atoms with Gasteiger partial charge in [-0.2, -0.15) is 0 Å². The third-order valence-corrected chi connectivity index (χ3v) is 5.93. The van der Waals surface area contributed by atoms with E-state index >= 15 is 0 Å². The van der Waals surface area contributed by atoms with Gasteiger partial charge < -0.3 is 29.4 Å². The molecule has 1 aliphatic rings. The molecular formula is C24H27N3O4S. The van der Waals surface area contributed by atoms with Crippen LogP contribution in [0.3, 0.4) is 0 Å². The summed E-state index contributed by atoms with van der Waals surface area (Å²) >= 11 is 5.73. The third-order valence-electron chi connectivity index (χ3n) is 5.57. The Hall–Kier alpha value is -3.10. The van der Waals surface area contributed by atoms with Gasteiger partial charge in [-0.25, -0.2) is 0 Å². The van der Waals surface area contributed by atoms with E-state index in [9.17, 15) is 4.79 Å². The first kappa shape index (κ1) is 22.1. The highest BCUT2D eigenvalue weighted by Crippen LogP contribution is 2.21. The Kier molecular flexibility index (Phi) is 6.92. The van der Waals surface area contributed by atoms with E-state index in [1.807, 2.05) is 53.4 Å². The second kappa shape index (κ2) is 10.0.